The van der Waals surface area contributed by atoms with Crippen LogP contribution >= 0.6 is 0 Å². The number of benzene rings is 2. The van der Waals surface area contributed by atoms with Crippen molar-refractivity contribution in [2.45, 2.75) is 39.4 Å². The van der Waals surface area contributed by atoms with E-state index in [4.69, 9.17) is 9.47 Å². The summed E-state index contributed by atoms with van der Waals surface area (Å²) < 4.78 is 11.0. The monoisotopic (exact) mass is 353 g/mol. The zero-order chi connectivity index (χ0) is 18.8. The van der Waals surface area contributed by atoms with Gasteiger partial charge in [-0.15, -0.1) is 0 Å². The van der Waals surface area contributed by atoms with Gasteiger partial charge in [0.1, 0.15) is 18.0 Å². The third-order valence-corrected chi connectivity index (χ3v) is 3.40. The number of hydrogen-bond donors (Lipinski definition) is 1. The molecule has 138 valence electrons. The summed E-state index contributed by atoms with van der Waals surface area (Å²) in [5.74, 6) is 0.836. The zero-order valence-corrected chi connectivity index (χ0v) is 15.7. The molecule has 1 amide bonds. The molecule has 0 saturated heterocycles. The molecule has 26 heavy (non-hydrogen) atoms. The molecule has 0 aliphatic heterocycles. The summed E-state index contributed by atoms with van der Waals surface area (Å²) >= 11 is 0. The second kappa shape index (κ2) is 9.66. The fourth-order valence-electron chi connectivity index (χ4n) is 2.24. The molecule has 0 heterocycles. The minimum absolute atomic E-state index is 0.387. The molecule has 4 heteroatoms. The second-order valence-electron chi connectivity index (χ2n) is 6.97. The molecule has 0 saturated carbocycles. The molecule has 0 radical (unpaired) electrons. The van der Waals surface area contributed by atoms with Crippen molar-refractivity contribution in [2.75, 3.05) is 6.54 Å². The molecule has 0 aromatic heterocycles. The number of nitrogens with one attached hydrogen (secondary N) is 1. The molecular weight excluding hydrogens is 326 g/mol. The van der Waals surface area contributed by atoms with Crippen LogP contribution in [0.25, 0.3) is 6.08 Å². The molecular formula is C22H27NO3. The maximum absolute atomic E-state index is 11.6. The molecule has 0 aliphatic carbocycles. The first kappa shape index (κ1) is 19.6. The van der Waals surface area contributed by atoms with Crippen LogP contribution < -0.4 is 10.1 Å². The number of rotatable bonds is 7. The molecule has 0 fully saturated rings. The van der Waals surface area contributed by atoms with Gasteiger partial charge in [-0.2, -0.15) is 0 Å². The van der Waals surface area contributed by atoms with E-state index >= 15 is 0 Å². The fraction of sp³-hybridized carbons (Fsp3) is 0.318. The minimum atomic E-state index is -0.472. The predicted molar refractivity (Wildman–Crippen MR) is 105 cm³/mol. The molecule has 0 bridgehead atoms. The van der Waals surface area contributed by atoms with Crippen LogP contribution in [0.5, 0.6) is 5.75 Å². The third-order valence-electron chi connectivity index (χ3n) is 3.40. The van der Waals surface area contributed by atoms with Crippen molar-refractivity contribution in [3.05, 3.63) is 71.8 Å². The molecule has 2 rings (SSSR count). The third kappa shape index (κ3) is 7.88. The molecule has 0 spiro atoms. The van der Waals surface area contributed by atoms with Crippen molar-refractivity contribution in [2.24, 2.45) is 0 Å². The van der Waals surface area contributed by atoms with Gasteiger partial charge in [0, 0.05) is 6.54 Å². The molecule has 0 aliphatic rings. The summed E-state index contributed by atoms with van der Waals surface area (Å²) in [6, 6.07) is 18.0. The van der Waals surface area contributed by atoms with Gasteiger partial charge in [-0.05, 0) is 50.5 Å². The highest BCUT2D eigenvalue weighted by Crippen LogP contribution is 2.16. The van der Waals surface area contributed by atoms with Crippen LogP contribution in [-0.2, 0) is 11.3 Å². The lowest BCUT2D eigenvalue weighted by molar-refractivity contribution is 0.0529. The van der Waals surface area contributed by atoms with Crippen LogP contribution in [0.3, 0.4) is 0 Å². The largest absolute Gasteiger partial charge is 0.489 e. The standard InChI is InChI=1S/C22H27NO3/c1-22(2,3)26-21(24)23-15-8-7-10-18-13-9-14-20(16-18)25-17-19-11-5-4-6-12-19/h4-7,9-14,16H,8,15,17H2,1-3H3,(H,23,24)/b10-7+. The Morgan fingerprint density at radius 2 is 1.85 bits per heavy atom. The van der Waals surface area contributed by atoms with Crippen molar-refractivity contribution in [3.8, 4) is 5.75 Å². The van der Waals surface area contributed by atoms with Crippen LogP contribution in [0.2, 0.25) is 0 Å². The highest BCUT2D eigenvalue weighted by atomic mass is 16.6. The van der Waals surface area contributed by atoms with Gasteiger partial charge in [-0.3, -0.25) is 0 Å². The van der Waals surface area contributed by atoms with E-state index < -0.39 is 5.60 Å². The summed E-state index contributed by atoms with van der Waals surface area (Å²) in [5, 5.41) is 2.74. The van der Waals surface area contributed by atoms with Crippen molar-refractivity contribution < 1.29 is 14.3 Å². The highest BCUT2D eigenvalue weighted by Gasteiger charge is 2.15. The molecule has 0 atom stereocenters. The van der Waals surface area contributed by atoms with Gasteiger partial charge in [0.05, 0.1) is 0 Å². The van der Waals surface area contributed by atoms with E-state index in [9.17, 15) is 4.79 Å². The Bertz CT molecular complexity index is 718. The molecule has 2 aromatic carbocycles. The number of carbonyl (C=O) groups is 1. The normalized spacial score (nSPS) is 11.3. The highest BCUT2D eigenvalue weighted by molar-refractivity contribution is 5.67. The smallest absolute Gasteiger partial charge is 0.407 e. The van der Waals surface area contributed by atoms with Crippen molar-refractivity contribution >= 4 is 12.2 Å². The summed E-state index contributed by atoms with van der Waals surface area (Å²) in [4.78, 5) is 11.6. The van der Waals surface area contributed by atoms with Gasteiger partial charge < -0.3 is 14.8 Å². The Balaban J connectivity index is 1.75. The summed E-state index contributed by atoms with van der Waals surface area (Å²) in [5.41, 5.74) is 1.73. The van der Waals surface area contributed by atoms with Crippen molar-refractivity contribution in [1.29, 1.82) is 0 Å². The molecule has 1 N–H and O–H groups in total. The maximum atomic E-state index is 11.6. The molecule has 4 nitrogen and oxygen atoms in total. The van der Waals surface area contributed by atoms with Crippen LogP contribution in [0.1, 0.15) is 38.3 Å². The average Bonchev–Trinajstić information content (AvgIpc) is 2.59. The number of carbonyl (C=O) groups excluding carboxylic acids is 1. The lowest BCUT2D eigenvalue weighted by Gasteiger charge is -2.19. The SMILES string of the molecule is CC(C)(C)OC(=O)NCC/C=C/c1cccc(OCc2ccccc2)c1. The first-order valence-electron chi connectivity index (χ1n) is 8.82. The zero-order valence-electron chi connectivity index (χ0n) is 15.7. The Morgan fingerprint density at radius 1 is 1.08 bits per heavy atom. The topological polar surface area (TPSA) is 47.6 Å². The Morgan fingerprint density at radius 3 is 2.58 bits per heavy atom. The minimum Gasteiger partial charge on any atom is -0.489 e. The number of alkyl carbamates (subject to hydrolysis) is 1. The molecule has 2 aromatic rings. The average molecular weight is 353 g/mol. The first-order chi connectivity index (χ1) is 12.4. The van der Waals surface area contributed by atoms with Crippen LogP contribution in [-0.4, -0.2) is 18.2 Å². The maximum Gasteiger partial charge on any atom is 0.407 e. The summed E-state index contributed by atoms with van der Waals surface area (Å²) in [6.45, 7) is 6.63. The van der Waals surface area contributed by atoms with E-state index in [0.717, 1.165) is 23.3 Å². The molecule has 0 unspecified atom stereocenters. The number of hydrogen-bond acceptors (Lipinski definition) is 3. The van der Waals surface area contributed by atoms with E-state index in [1.54, 1.807) is 0 Å². The fourth-order valence-corrected chi connectivity index (χ4v) is 2.24. The number of amides is 1. The Kier molecular flexibility index (Phi) is 7.27. The van der Waals surface area contributed by atoms with E-state index in [1.165, 1.54) is 0 Å². The lowest BCUT2D eigenvalue weighted by Crippen LogP contribution is -2.32. The first-order valence-corrected chi connectivity index (χ1v) is 8.82. The van der Waals surface area contributed by atoms with Gasteiger partial charge in [0.15, 0.2) is 0 Å². The quantitative estimate of drug-likeness (QED) is 0.697. The lowest BCUT2D eigenvalue weighted by atomic mass is 10.2. The van der Waals surface area contributed by atoms with Crippen LogP contribution in [0.15, 0.2) is 60.7 Å². The number of ether oxygens (including phenoxy) is 2. The van der Waals surface area contributed by atoms with Gasteiger partial charge in [0.2, 0.25) is 0 Å². The summed E-state index contributed by atoms with van der Waals surface area (Å²) in [6.07, 6.45) is 4.39. The van der Waals surface area contributed by atoms with E-state index in [1.807, 2.05) is 87.5 Å². The van der Waals surface area contributed by atoms with Crippen LogP contribution in [0.4, 0.5) is 4.79 Å². The van der Waals surface area contributed by atoms with Crippen molar-refractivity contribution in [3.63, 3.8) is 0 Å². The second-order valence-corrected chi connectivity index (χ2v) is 6.97. The predicted octanol–water partition coefficient (Wildman–Crippen LogP) is 5.19. The van der Waals surface area contributed by atoms with Crippen molar-refractivity contribution in [1.82, 2.24) is 5.32 Å². The van der Waals surface area contributed by atoms with E-state index in [0.29, 0.717) is 13.2 Å². The van der Waals surface area contributed by atoms with Gasteiger partial charge in [0.25, 0.3) is 0 Å². The Labute approximate surface area is 155 Å². The summed E-state index contributed by atoms with van der Waals surface area (Å²) in [7, 11) is 0. The van der Waals surface area contributed by atoms with Gasteiger partial charge >= 0.3 is 6.09 Å². The Hall–Kier alpha value is -2.75. The van der Waals surface area contributed by atoms with E-state index in [2.05, 4.69) is 5.32 Å². The van der Waals surface area contributed by atoms with Crippen LogP contribution in [0, 0.1) is 0 Å². The van der Waals surface area contributed by atoms with E-state index in [-0.39, 0.29) is 6.09 Å². The van der Waals surface area contributed by atoms with Gasteiger partial charge in [-0.25, -0.2) is 4.79 Å². The van der Waals surface area contributed by atoms with Gasteiger partial charge in [-0.1, -0.05) is 54.6 Å².